The van der Waals surface area contributed by atoms with Gasteiger partial charge in [-0.2, -0.15) is 0 Å². The van der Waals surface area contributed by atoms with Crippen molar-refractivity contribution in [3.8, 4) is 11.5 Å². The van der Waals surface area contributed by atoms with Crippen molar-refractivity contribution in [2.75, 3.05) is 58.6 Å². The largest absolute Gasteiger partial charge is 0.454 e. The number of piperazine rings is 1. The number of fused-ring (bicyclic) bond motifs is 1. The molecule has 8 nitrogen and oxygen atoms in total. The summed E-state index contributed by atoms with van der Waals surface area (Å²) in [6, 6.07) is 13.1. The molecule has 2 aliphatic heterocycles. The normalized spacial score (nSPS) is 15.6. The van der Waals surface area contributed by atoms with Crippen LogP contribution in [0.3, 0.4) is 0 Å². The van der Waals surface area contributed by atoms with Gasteiger partial charge in [0, 0.05) is 52.5 Å². The van der Waals surface area contributed by atoms with Crippen molar-refractivity contribution in [1.29, 1.82) is 0 Å². The average molecular weight is 425 g/mol. The Hall–Kier alpha value is -3.26. The van der Waals surface area contributed by atoms with Gasteiger partial charge in [0.15, 0.2) is 18.1 Å². The van der Waals surface area contributed by atoms with Crippen LogP contribution in [-0.2, 0) is 16.1 Å². The number of nitrogens with zero attached hydrogens (tertiary/aromatic N) is 3. The van der Waals surface area contributed by atoms with Gasteiger partial charge < -0.3 is 24.0 Å². The van der Waals surface area contributed by atoms with Crippen LogP contribution in [0, 0.1) is 0 Å². The lowest BCUT2D eigenvalue weighted by molar-refractivity contribution is -0.136. The Labute approximate surface area is 181 Å². The van der Waals surface area contributed by atoms with Crippen LogP contribution in [0.15, 0.2) is 42.5 Å². The highest BCUT2D eigenvalue weighted by Gasteiger charge is 2.23. The highest BCUT2D eigenvalue weighted by Crippen LogP contribution is 2.32. The molecule has 1 saturated heterocycles. The molecule has 0 bridgehead atoms. The van der Waals surface area contributed by atoms with E-state index >= 15 is 0 Å². The lowest BCUT2D eigenvalue weighted by Gasteiger charge is -2.34. The van der Waals surface area contributed by atoms with Crippen LogP contribution in [-0.4, -0.2) is 75.4 Å². The zero-order valence-electron chi connectivity index (χ0n) is 17.9. The second kappa shape index (κ2) is 9.26. The first-order valence-electron chi connectivity index (χ1n) is 10.3. The highest BCUT2D eigenvalue weighted by molar-refractivity contribution is 5.92. The summed E-state index contributed by atoms with van der Waals surface area (Å²) in [7, 11) is 3.81. The molecule has 0 radical (unpaired) electrons. The van der Waals surface area contributed by atoms with Crippen LogP contribution in [0.1, 0.15) is 15.9 Å². The summed E-state index contributed by atoms with van der Waals surface area (Å²) in [6.45, 7) is 3.56. The second-order valence-corrected chi connectivity index (χ2v) is 7.87. The molecule has 0 aromatic heterocycles. The predicted octanol–water partition coefficient (Wildman–Crippen LogP) is 1.98. The minimum absolute atomic E-state index is 0.167. The Morgan fingerprint density at radius 1 is 1.00 bits per heavy atom. The SMILES string of the molecule is CN(C)c1cccc(C(=O)OCC(=O)N2CCN(Cc3ccc4c(c3)OCO4)CC2)c1. The second-order valence-electron chi connectivity index (χ2n) is 7.87. The summed E-state index contributed by atoms with van der Waals surface area (Å²) < 4.78 is 16.0. The predicted molar refractivity (Wildman–Crippen MR) is 115 cm³/mol. The molecular formula is C23H27N3O5. The van der Waals surface area contributed by atoms with E-state index in [0.717, 1.165) is 42.4 Å². The van der Waals surface area contributed by atoms with Crippen molar-refractivity contribution in [3.63, 3.8) is 0 Å². The van der Waals surface area contributed by atoms with Crippen LogP contribution < -0.4 is 14.4 Å². The first-order valence-corrected chi connectivity index (χ1v) is 10.3. The van der Waals surface area contributed by atoms with Crippen molar-refractivity contribution in [3.05, 3.63) is 53.6 Å². The van der Waals surface area contributed by atoms with Gasteiger partial charge in [-0.05, 0) is 35.9 Å². The first-order chi connectivity index (χ1) is 15.0. The van der Waals surface area contributed by atoms with E-state index in [1.165, 1.54) is 0 Å². The molecule has 2 aromatic rings. The summed E-state index contributed by atoms with van der Waals surface area (Å²) in [4.78, 5) is 30.7. The molecule has 0 spiro atoms. The van der Waals surface area contributed by atoms with Gasteiger partial charge in [-0.25, -0.2) is 4.79 Å². The molecule has 0 aliphatic carbocycles. The molecule has 8 heteroatoms. The number of carbonyl (C=O) groups excluding carboxylic acids is 2. The zero-order chi connectivity index (χ0) is 21.8. The summed E-state index contributed by atoms with van der Waals surface area (Å²) >= 11 is 0. The fourth-order valence-electron chi connectivity index (χ4n) is 3.67. The number of anilines is 1. The maximum atomic E-state index is 12.5. The molecular weight excluding hydrogens is 398 g/mol. The van der Waals surface area contributed by atoms with Gasteiger partial charge in [-0.15, -0.1) is 0 Å². The molecule has 164 valence electrons. The number of hydrogen-bond donors (Lipinski definition) is 0. The smallest absolute Gasteiger partial charge is 0.338 e. The van der Waals surface area contributed by atoms with Gasteiger partial charge in [-0.3, -0.25) is 9.69 Å². The molecule has 2 aliphatic rings. The molecule has 1 fully saturated rings. The monoisotopic (exact) mass is 425 g/mol. The molecule has 1 amide bonds. The van der Waals surface area contributed by atoms with Crippen molar-refractivity contribution >= 4 is 17.6 Å². The Morgan fingerprint density at radius 2 is 1.77 bits per heavy atom. The standard InChI is InChI=1S/C23H27N3O5/c1-24(2)19-5-3-4-18(13-19)23(28)29-15-22(27)26-10-8-25(9-11-26)14-17-6-7-20-21(12-17)31-16-30-20/h3-7,12-13H,8-11,14-16H2,1-2H3. The summed E-state index contributed by atoms with van der Waals surface area (Å²) in [5.41, 5.74) is 2.49. The summed E-state index contributed by atoms with van der Waals surface area (Å²) in [5.74, 6) is 0.907. The molecule has 0 N–H and O–H groups in total. The van der Waals surface area contributed by atoms with Crippen LogP contribution in [0.4, 0.5) is 5.69 Å². The van der Waals surface area contributed by atoms with Gasteiger partial charge in [0.1, 0.15) is 0 Å². The fourth-order valence-corrected chi connectivity index (χ4v) is 3.67. The van der Waals surface area contributed by atoms with Crippen molar-refractivity contribution in [2.45, 2.75) is 6.54 Å². The number of rotatable bonds is 6. The Balaban J connectivity index is 1.23. The van der Waals surface area contributed by atoms with E-state index in [2.05, 4.69) is 4.90 Å². The molecule has 4 rings (SSSR count). The lowest BCUT2D eigenvalue weighted by Crippen LogP contribution is -2.49. The van der Waals surface area contributed by atoms with E-state index in [9.17, 15) is 9.59 Å². The van der Waals surface area contributed by atoms with E-state index in [1.54, 1.807) is 23.1 Å². The molecule has 31 heavy (non-hydrogen) atoms. The molecule has 2 heterocycles. The van der Waals surface area contributed by atoms with E-state index in [1.807, 2.05) is 43.3 Å². The van der Waals surface area contributed by atoms with E-state index in [0.29, 0.717) is 18.7 Å². The van der Waals surface area contributed by atoms with Crippen LogP contribution in [0.2, 0.25) is 0 Å². The zero-order valence-corrected chi connectivity index (χ0v) is 17.9. The lowest BCUT2D eigenvalue weighted by atomic mass is 10.1. The Kier molecular flexibility index (Phi) is 6.27. The van der Waals surface area contributed by atoms with Gasteiger partial charge in [0.2, 0.25) is 6.79 Å². The van der Waals surface area contributed by atoms with Gasteiger partial charge >= 0.3 is 5.97 Å². The summed E-state index contributed by atoms with van der Waals surface area (Å²) in [5, 5.41) is 0. The third kappa shape index (κ3) is 5.08. The van der Waals surface area contributed by atoms with Crippen molar-refractivity contribution < 1.29 is 23.8 Å². The third-order valence-corrected chi connectivity index (χ3v) is 5.49. The minimum atomic E-state index is -0.488. The number of esters is 1. The minimum Gasteiger partial charge on any atom is -0.454 e. The van der Waals surface area contributed by atoms with Gasteiger partial charge in [-0.1, -0.05) is 12.1 Å². The topological polar surface area (TPSA) is 71.6 Å². The maximum Gasteiger partial charge on any atom is 0.338 e. The number of benzene rings is 2. The number of ether oxygens (including phenoxy) is 3. The van der Waals surface area contributed by atoms with E-state index < -0.39 is 5.97 Å². The number of carbonyl (C=O) groups is 2. The van der Waals surface area contributed by atoms with E-state index in [-0.39, 0.29) is 19.3 Å². The maximum absolute atomic E-state index is 12.5. The van der Waals surface area contributed by atoms with Crippen LogP contribution >= 0.6 is 0 Å². The first kappa shape index (κ1) is 21.0. The Bertz CT molecular complexity index is 954. The number of amides is 1. The summed E-state index contributed by atoms with van der Waals surface area (Å²) in [6.07, 6.45) is 0. The third-order valence-electron chi connectivity index (χ3n) is 5.49. The van der Waals surface area contributed by atoms with Gasteiger partial charge in [0.05, 0.1) is 5.56 Å². The molecule has 2 aromatic carbocycles. The molecule has 0 saturated carbocycles. The molecule has 0 unspecified atom stereocenters. The van der Waals surface area contributed by atoms with Crippen LogP contribution in [0.5, 0.6) is 11.5 Å². The fraction of sp³-hybridized carbons (Fsp3) is 0.391. The Morgan fingerprint density at radius 3 is 2.55 bits per heavy atom. The average Bonchev–Trinajstić information content (AvgIpc) is 3.25. The highest BCUT2D eigenvalue weighted by atomic mass is 16.7. The van der Waals surface area contributed by atoms with Crippen LogP contribution in [0.25, 0.3) is 0 Å². The van der Waals surface area contributed by atoms with Gasteiger partial charge in [0.25, 0.3) is 5.91 Å². The van der Waals surface area contributed by atoms with Crippen molar-refractivity contribution in [2.24, 2.45) is 0 Å². The number of hydrogen-bond acceptors (Lipinski definition) is 7. The quantitative estimate of drug-likeness (QED) is 0.656. The van der Waals surface area contributed by atoms with Crippen molar-refractivity contribution in [1.82, 2.24) is 9.80 Å². The molecule has 0 atom stereocenters. The van der Waals surface area contributed by atoms with E-state index in [4.69, 9.17) is 14.2 Å².